The molecule has 0 aromatic carbocycles. The number of halogens is 2. The highest BCUT2D eigenvalue weighted by Crippen LogP contribution is 2.46. The van der Waals surface area contributed by atoms with Gasteiger partial charge in [0, 0.05) is 84.5 Å². The van der Waals surface area contributed by atoms with Crippen LogP contribution >= 0.6 is 15.2 Å². The summed E-state index contributed by atoms with van der Waals surface area (Å²) in [6, 6.07) is 0. The average Bonchev–Trinajstić information content (AvgIpc) is 3.94. The smallest absolute Gasteiger partial charge is 0.325 e. The van der Waals surface area contributed by atoms with E-state index in [1.807, 2.05) is 0 Å². The average molecular weight is 1090 g/mol. The van der Waals surface area contributed by atoms with E-state index in [2.05, 4.69) is 27.7 Å². The Labute approximate surface area is 424 Å². The molecule has 404 valence electrons. The molecule has 0 aliphatic carbocycles. The third kappa shape index (κ3) is 19.0. The Bertz CT molecular complexity index is 1750. The standard InChI is InChI=1S/C46H90N4O12P2S2.2ClH/c1-5-13-41-33-47(19-9-27-63(51,52)53,21-11-29-65(57,58)59)35-43(41)15-17-45-37-50(25-23-49(24-26-50)31-39(7-3)40(8-4)32-49)38-46(45)18-16-44-36-48(34-42(44)14-6-2,20-10-28-64(54,55)56)22-12-30-66(60,61)62;;/h39-46H,5-38H2,1-4H3,(H2-4,51,52,53,54,55,56,57,58,59,60,61,62);2*1H. The summed E-state index contributed by atoms with van der Waals surface area (Å²) in [6.07, 6.45) is 11.8. The molecule has 0 radical (unpaired) electrons. The zero-order valence-corrected chi connectivity index (χ0v) is 46.9. The highest BCUT2D eigenvalue weighted by molar-refractivity contribution is 7.85. The quantitative estimate of drug-likeness (QED) is 0.0431. The van der Waals surface area contributed by atoms with E-state index in [4.69, 9.17) is 0 Å². The maximum absolute atomic E-state index is 11.9. The number of rotatable bonds is 28. The third-order valence-corrected chi connectivity index (χ3v) is 21.5. The Morgan fingerprint density at radius 3 is 0.971 bits per heavy atom. The number of likely N-dealkylation sites (tertiary alicyclic amines) is 2. The lowest BCUT2D eigenvalue weighted by Gasteiger charge is -2.47. The molecule has 10 unspecified atom stereocenters. The Kier molecular flexibility index (Phi) is 24.3. The van der Waals surface area contributed by atoms with Crippen LogP contribution in [0.2, 0.25) is 0 Å². The van der Waals surface area contributed by atoms with Crippen LogP contribution in [-0.2, 0) is 29.4 Å². The highest BCUT2D eigenvalue weighted by Gasteiger charge is 2.55. The van der Waals surface area contributed by atoms with Gasteiger partial charge in [-0.3, -0.25) is 9.13 Å². The van der Waals surface area contributed by atoms with Crippen LogP contribution in [0.15, 0.2) is 0 Å². The minimum Gasteiger partial charge on any atom is -1.00 e. The topological polar surface area (TPSA) is 229 Å². The lowest BCUT2D eigenvalue weighted by atomic mass is 9.80. The van der Waals surface area contributed by atoms with Gasteiger partial charge in [0.15, 0.2) is 0 Å². The summed E-state index contributed by atoms with van der Waals surface area (Å²) in [4.78, 5) is 38.9. The first kappa shape index (κ1) is 62.8. The van der Waals surface area contributed by atoms with Crippen molar-refractivity contribution in [3.8, 4) is 0 Å². The van der Waals surface area contributed by atoms with Gasteiger partial charge in [0.2, 0.25) is 0 Å². The Morgan fingerprint density at radius 2 is 0.706 bits per heavy atom. The van der Waals surface area contributed by atoms with Crippen LogP contribution in [0, 0.1) is 47.3 Å². The molecule has 0 saturated carbocycles. The largest absolute Gasteiger partial charge is 1.00 e. The van der Waals surface area contributed by atoms with Crippen molar-refractivity contribution in [3.05, 3.63) is 0 Å². The molecule has 2 spiro atoms. The second-order valence-corrected chi connectivity index (χ2v) is 29.6. The molecule has 16 nitrogen and oxygen atoms in total. The van der Waals surface area contributed by atoms with Crippen molar-refractivity contribution in [3.63, 3.8) is 0 Å². The Morgan fingerprint density at radius 1 is 0.441 bits per heavy atom. The molecule has 4 N–H and O–H groups in total. The molecule has 0 bridgehead atoms. The molecular formula is C46H92Cl2N4O12P2S2. The monoisotopic (exact) mass is 1090 g/mol. The molecular weight excluding hydrogens is 998 g/mol. The zero-order chi connectivity index (χ0) is 48.7. The van der Waals surface area contributed by atoms with E-state index in [1.165, 1.54) is 74.2 Å². The van der Waals surface area contributed by atoms with Gasteiger partial charge in [0.25, 0.3) is 0 Å². The first-order valence-electron chi connectivity index (χ1n) is 26.1. The van der Waals surface area contributed by atoms with E-state index in [9.17, 15) is 54.6 Å². The first-order chi connectivity index (χ1) is 30.8. The van der Waals surface area contributed by atoms with Gasteiger partial charge in [-0.15, -0.1) is 0 Å². The second-order valence-electron chi connectivity index (χ2n) is 23.0. The van der Waals surface area contributed by atoms with E-state index in [-0.39, 0.29) is 50.0 Å². The molecule has 5 fully saturated rings. The molecule has 5 heterocycles. The van der Waals surface area contributed by atoms with Crippen molar-refractivity contribution >= 4 is 35.4 Å². The van der Waals surface area contributed by atoms with Gasteiger partial charge < -0.3 is 71.4 Å². The maximum Gasteiger partial charge on any atom is 0.325 e. The lowest BCUT2D eigenvalue weighted by Crippen LogP contribution is -3.00. The summed E-state index contributed by atoms with van der Waals surface area (Å²) in [6.45, 7) is 24.6. The molecule has 0 aromatic heterocycles. The Balaban J connectivity index is 0.00000612. The highest BCUT2D eigenvalue weighted by atomic mass is 35.5. The molecule has 22 heteroatoms. The van der Waals surface area contributed by atoms with Gasteiger partial charge in [-0.2, -0.15) is 0 Å². The summed E-state index contributed by atoms with van der Waals surface area (Å²) in [5.74, 6) is 3.51. The number of hydrogen-bond donors (Lipinski definition) is 4. The fraction of sp³-hybridized carbons (Fsp3) is 1.00. The maximum atomic E-state index is 11.9. The summed E-state index contributed by atoms with van der Waals surface area (Å²) in [5.41, 5.74) is 0. The molecule has 68 heavy (non-hydrogen) atoms. The molecule has 5 aliphatic heterocycles. The summed E-state index contributed by atoms with van der Waals surface area (Å²) in [5, 5.41) is 0. The molecule has 0 aromatic rings. The van der Waals surface area contributed by atoms with Crippen molar-refractivity contribution in [1.82, 2.24) is 0 Å². The number of hydrogen-bond acceptors (Lipinski definition) is 8. The number of piperazine rings is 1. The fourth-order valence-corrected chi connectivity index (χ4v) is 17.2. The van der Waals surface area contributed by atoms with Gasteiger partial charge in [0.05, 0.1) is 111 Å². The summed E-state index contributed by atoms with van der Waals surface area (Å²) in [7, 11) is -17.1. The predicted octanol–water partition coefficient (Wildman–Crippen LogP) is -0.754. The van der Waals surface area contributed by atoms with Crippen LogP contribution in [-0.4, -0.2) is 192 Å². The van der Waals surface area contributed by atoms with Crippen molar-refractivity contribution in [1.29, 1.82) is 0 Å². The van der Waals surface area contributed by atoms with Crippen molar-refractivity contribution in [2.24, 2.45) is 47.3 Å². The van der Waals surface area contributed by atoms with Crippen LogP contribution in [0.25, 0.3) is 0 Å². The molecule has 5 aliphatic rings. The van der Waals surface area contributed by atoms with Crippen LogP contribution in [0.4, 0.5) is 0 Å². The summed E-state index contributed by atoms with van der Waals surface area (Å²) < 4.78 is 97.5. The van der Waals surface area contributed by atoms with Crippen molar-refractivity contribution in [2.75, 3.05) is 129 Å². The number of nitrogens with zero attached hydrogens (tertiary/aromatic N) is 4. The van der Waals surface area contributed by atoms with Crippen LogP contribution < -0.4 is 24.8 Å². The zero-order valence-electron chi connectivity index (χ0n) is 42.0. The van der Waals surface area contributed by atoms with Gasteiger partial charge in [-0.25, -0.2) is 16.8 Å². The molecule has 0 amide bonds. The van der Waals surface area contributed by atoms with E-state index in [0.29, 0.717) is 83.5 Å². The van der Waals surface area contributed by atoms with Gasteiger partial charge in [-0.05, 0) is 51.4 Å². The molecule has 5 rings (SSSR count). The van der Waals surface area contributed by atoms with E-state index >= 15 is 0 Å². The first-order valence-corrected chi connectivity index (χ1v) is 32.9. The van der Waals surface area contributed by atoms with E-state index in [1.54, 1.807) is 0 Å². The summed E-state index contributed by atoms with van der Waals surface area (Å²) >= 11 is 0. The van der Waals surface area contributed by atoms with Crippen LogP contribution in [0.1, 0.15) is 118 Å². The SMILES string of the molecule is CCCC1C[N+](CCCP(=O)(O)O)(CCCS(=O)(=O)[O-])CC1CCC1C[N+]2(CC[N+]3(CC2)CC(CC)C(CC)C3)CC1CCC1C[N+](CCCP(=O)(O)O)(CCCS(=O)(=O)[O-])CC1CCC.[Cl-].[Cl-]. The van der Waals surface area contributed by atoms with E-state index < -0.39 is 46.9 Å². The second kappa shape index (κ2) is 26.3. The lowest BCUT2D eigenvalue weighted by molar-refractivity contribution is -1.02. The van der Waals surface area contributed by atoms with Crippen LogP contribution in [0.5, 0.6) is 0 Å². The third-order valence-electron chi connectivity index (χ3n) is 18.1. The molecule has 10 atom stereocenters. The Hall–Kier alpha value is 0.540. The van der Waals surface area contributed by atoms with Crippen molar-refractivity contribution in [2.45, 2.75) is 118 Å². The predicted molar refractivity (Wildman–Crippen MR) is 257 cm³/mol. The minimum absolute atomic E-state index is 0. The van der Waals surface area contributed by atoms with Crippen LogP contribution in [0.3, 0.4) is 0 Å². The van der Waals surface area contributed by atoms with Gasteiger partial charge in [-0.1, -0.05) is 40.5 Å². The van der Waals surface area contributed by atoms with E-state index in [0.717, 1.165) is 89.4 Å². The minimum atomic E-state index is -4.38. The fourth-order valence-electron chi connectivity index (χ4n) is 15.1. The van der Waals surface area contributed by atoms with Gasteiger partial charge in [0.1, 0.15) is 26.2 Å². The molecule has 5 saturated heterocycles. The number of quaternary nitrogens is 4. The van der Waals surface area contributed by atoms with Gasteiger partial charge >= 0.3 is 15.2 Å². The van der Waals surface area contributed by atoms with Crippen molar-refractivity contribution < 1.29 is 97.4 Å². The normalized spacial score (nSPS) is 35.6.